The fourth-order valence-corrected chi connectivity index (χ4v) is 7.30. The van der Waals surface area contributed by atoms with Crippen LogP contribution in [0.1, 0.15) is 80.1 Å². The second-order valence-electron chi connectivity index (χ2n) is 11.9. The van der Waals surface area contributed by atoms with Crippen molar-refractivity contribution < 1.29 is 15.0 Å². The zero-order valence-electron chi connectivity index (χ0n) is 20.3. The van der Waals surface area contributed by atoms with Crippen LogP contribution in [0, 0.1) is 40.4 Å². The molecule has 0 aromatic rings. The summed E-state index contributed by atoms with van der Waals surface area (Å²) in [5, 5.41) is 21.4. The van der Waals surface area contributed by atoms with Gasteiger partial charge in [-0.1, -0.05) is 59.3 Å². The summed E-state index contributed by atoms with van der Waals surface area (Å²) in [7, 11) is 0. The number of rotatable bonds is 4. The Balaban J connectivity index is 1.71. The Labute approximate surface area is 188 Å². The SMILES string of the molecule is CC(C)C(C)C=CC(C)C1CC(O)C2=C3C(=O)C=C4CC(O)CCC4(C)C3CCC21C. The fraction of sp³-hybridized carbons (Fsp3) is 0.750. The molecule has 3 nitrogen and oxygen atoms in total. The highest BCUT2D eigenvalue weighted by atomic mass is 16.3. The Morgan fingerprint density at radius 3 is 2.39 bits per heavy atom. The Hall–Kier alpha value is -1.19. The van der Waals surface area contributed by atoms with Crippen molar-refractivity contribution in [1.29, 1.82) is 0 Å². The normalized spacial score (nSPS) is 42.4. The molecule has 0 aromatic heterocycles. The lowest BCUT2D eigenvalue weighted by molar-refractivity contribution is -0.113. The maximum Gasteiger partial charge on any atom is 0.182 e. The monoisotopic (exact) mass is 426 g/mol. The summed E-state index contributed by atoms with van der Waals surface area (Å²) in [6, 6.07) is 0. The zero-order valence-corrected chi connectivity index (χ0v) is 20.3. The van der Waals surface area contributed by atoms with Crippen molar-refractivity contribution in [2.75, 3.05) is 0 Å². The van der Waals surface area contributed by atoms with Gasteiger partial charge in [0.1, 0.15) is 0 Å². The standard InChI is InChI=1S/C28H42O3/c1-16(2)17(3)7-8-18(4)22-15-24(31)26-25-21(10-12-28(22,26)6)27(5)11-9-20(29)13-19(27)14-23(25)30/h7-8,14,16-18,20-22,24,29,31H,9-13,15H2,1-6H3. The van der Waals surface area contributed by atoms with Gasteiger partial charge in [-0.25, -0.2) is 0 Å². The third-order valence-corrected chi connectivity index (χ3v) is 9.77. The minimum Gasteiger partial charge on any atom is -0.393 e. The van der Waals surface area contributed by atoms with Crippen LogP contribution in [0.2, 0.25) is 0 Å². The van der Waals surface area contributed by atoms with E-state index in [1.165, 1.54) is 0 Å². The van der Waals surface area contributed by atoms with Crippen molar-refractivity contribution in [2.24, 2.45) is 40.4 Å². The molecular weight excluding hydrogens is 384 g/mol. The Morgan fingerprint density at radius 2 is 1.71 bits per heavy atom. The van der Waals surface area contributed by atoms with Crippen LogP contribution in [0.15, 0.2) is 34.9 Å². The molecule has 0 amide bonds. The van der Waals surface area contributed by atoms with Crippen molar-refractivity contribution in [3.05, 3.63) is 34.9 Å². The number of aliphatic hydroxyl groups excluding tert-OH is 2. The quantitative estimate of drug-likeness (QED) is 0.573. The lowest BCUT2D eigenvalue weighted by Crippen LogP contribution is -2.46. The molecule has 0 spiro atoms. The average molecular weight is 427 g/mol. The van der Waals surface area contributed by atoms with Crippen molar-refractivity contribution in [3.63, 3.8) is 0 Å². The van der Waals surface area contributed by atoms with Crippen LogP contribution < -0.4 is 0 Å². The van der Waals surface area contributed by atoms with Gasteiger partial charge in [0.05, 0.1) is 12.2 Å². The first-order valence-corrected chi connectivity index (χ1v) is 12.5. The molecule has 8 atom stereocenters. The van der Waals surface area contributed by atoms with Crippen LogP contribution >= 0.6 is 0 Å². The minimum atomic E-state index is -0.511. The van der Waals surface area contributed by atoms with Crippen molar-refractivity contribution in [3.8, 4) is 0 Å². The van der Waals surface area contributed by atoms with Crippen molar-refractivity contribution >= 4 is 5.78 Å². The largest absolute Gasteiger partial charge is 0.393 e. The van der Waals surface area contributed by atoms with E-state index in [1.54, 1.807) is 0 Å². The molecule has 0 aromatic carbocycles. The molecule has 2 fully saturated rings. The third kappa shape index (κ3) is 3.60. The van der Waals surface area contributed by atoms with E-state index < -0.39 is 6.10 Å². The van der Waals surface area contributed by atoms with Crippen LogP contribution in [0.25, 0.3) is 0 Å². The predicted molar refractivity (Wildman–Crippen MR) is 125 cm³/mol. The van der Waals surface area contributed by atoms with Gasteiger partial charge in [-0.2, -0.15) is 0 Å². The Morgan fingerprint density at radius 1 is 1.03 bits per heavy atom. The number of fused-ring (bicyclic) bond motifs is 4. The third-order valence-electron chi connectivity index (χ3n) is 9.77. The second-order valence-corrected chi connectivity index (χ2v) is 11.9. The van der Waals surface area contributed by atoms with Crippen molar-refractivity contribution in [2.45, 2.75) is 92.3 Å². The van der Waals surface area contributed by atoms with E-state index >= 15 is 0 Å². The van der Waals surface area contributed by atoms with Crippen LogP contribution in [-0.4, -0.2) is 28.2 Å². The molecule has 0 heterocycles. The maximum absolute atomic E-state index is 13.4. The highest BCUT2D eigenvalue weighted by Gasteiger charge is 2.58. The van der Waals surface area contributed by atoms with Crippen LogP contribution in [0.5, 0.6) is 0 Å². The van der Waals surface area contributed by atoms with E-state index in [9.17, 15) is 15.0 Å². The first kappa shape index (κ1) is 23.0. The van der Waals surface area contributed by atoms with Gasteiger partial charge in [0.15, 0.2) is 5.78 Å². The molecule has 0 radical (unpaired) electrons. The number of carbonyl (C=O) groups is 1. The minimum absolute atomic E-state index is 0.0488. The molecule has 0 aliphatic heterocycles. The number of hydrogen-bond acceptors (Lipinski definition) is 3. The number of hydrogen-bond donors (Lipinski definition) is 2. The van der Waals surface area contributed by atoms with E-state index in [0.29, 0.717) is 30.1 Å². The highest BCUT2D eigenvalue weighted by molar-refractivity contribution is 6.07. The number of carbonyl (C=O) groups excluding carboxylic acids is 1. The summed E-state index contributed by atoms with van der Waals surface area (Å²) in [5.41, 5.74) is 2.96. The number of ketones is 1. The Bertz CT molecular complexity index is 833. The Kier molecular flexibility index (Phi) is 5.92. The second kappa shape index (κ2) is 7.99. The summed E-state index contributed by atoms with van der Waals surface area (Å²) in [4.78, 5) is 13.4. The van der Waals surface area contributed by atoms with E-state index in [0.717, 1.165) is 48.8 Å². The van der Waals surface area contributed by atoms with Crippen molar-refractivity contribution in [1.82, 2.24) is 0 Å². The van der Waals surface area contributed by atoms with Gasteiger partial charge in [-0.3, -0.25) is 4.79 Å². The molecule has 2 N–H and O–H groups in total. The first-order valence-electron chi connectivity index (χ1n) is 12.5. The lowest BCUT2D eigenvalue weighted by Gasteiger charge is -2.52. The molecule has 172 valence electrons. The first-order chi connectivity index (χ1) is 14.5. The van der Waals surface area contributed by atoms with Crippen LogP contribution in [0.3, 0.4) is 0 Å². The van der Waals surface area contributed by atoms with Gasteiger partial charge in [-0.15, -0.1) is 0 Å². The number of allylic oxidation sites excluding steroid dienone is 4. The van der Waals surface area contributed by atoms with E-state index in [1.807, 2.05) is 6.08 Å². The maximum atomic E-state index is 13.4. The van der Waals surface area contributed by atoms with Gasteiger partial charge in [0.25, 0.3) is 0 Å². The van der Waals surface area contributed by atoms with Gasteiger partial charge in [0, 0.05) is 5.57 Å². The van der Waals surface area contributed by atoms with Gasteiger partial charge in [0.2, 0.25) is 0 Å². The predicted octanol–water partition coefficient (Wildman–Crippen LogP) is 5.62. The summed E-state index contributed by atoms with van der Waals surface area (Å²) in [6.45, 7) is 13.7. The van der Waals surface area contributed by atoms with Gasteiger partial charge >= 0.3 is 0 Å². The van der Waals surface area contributed by atoms with E-state index in [-0.39, 0.29) is 28.6 Å². The molecule has 0 saturated heterocycles. The molecule has 4 aliphatic rings. The number of aliphatic hydroxyl groups is 2. The molecule has 0 bridgehead atoms. The topological polar surface area (TPSA) is 57.5 Å². The summed E-state index contributed by atoms with van der Waals surface area (Å²) < 4.78 is 0. The van der Waals surface area contributed by atoms with Crippen LogP contribution in [0.4, 0.5) is 0 Å². The molecule has 3 heteroatoms. The molecular formula is C28H42O3. The van der Waals surface area contributed by atoms with Gasteiger partial charge < -0.3 is 10.2 Å². The summed E-state index contributed by atoms with van der Waals surface area (Å²) in [5.74, 6) is 2.19. The van der Waals surface area contributed by atoms with Crippen LogP contribution in [-0.2, 0) is 4.79 Å². The lowest BCUT2D eigenvalue weighted by atomic mass is 9.51. The highest BCUT2D eigenvalue weighted by Crippen LogP contribution is 2.64. The van der Waals surface area contributed by atoms with Gasteiger partial charge in [-0.05, 0) is 90.6 Å². The zero-order chi connectivity index (χ0) is 22.7. The van der Waals surface area contributed by atoms with E-state index in [2.05, 4.69) is 53.7 Å². The fourth-order valence-electron chi connectivity index (χ4n) is 7.30. The summed E-state index contributed by atoms with van der Waals surface area (Å²) in [6.07, 6.45) is 10.8. The molecule has 4 aliphatic carbocycles. The molecule has 31 heavy (non-hydrogen) atoms. The molecule has 2 saturated carbocycles. The average Bonchev–Trinajstić information content (AvgIpc) is 2.98. The molecule has 8 unspecified atom stereocenters. The molecule has 4 rings (SSSR count). The smallest absolute Gasteiger partial charge is 0.182 e. The summed E-state index contributed by atoms with van der Waals surface area (Å²) >= 11 is 0. The van der Waals surface area contributed by atoms with E-state index in [4.69, 9.17) is 0 Å².